The van der Waals surface area contributed by atoms with Gasteiger partial charge in [0.2, 0.25) is 0 Å². The Labute approximate surface area is 299 Å². The Morgan fingerprint density at radius 1 is 1.02 bits per heavy atom. The number of thiazole rings is 1. The van der Waals surface area contributed by atoms with Gasteiger partial charge in [-0.1, -0.05) is 80.8 Å². The first kappa shape index (κ1) is 35.4. The number of aromatic nitrogens is 1. The normalized spacial score (nSPS) is 14.4. The number of ether oxygens (including phenoxy) is 4. The van der Waals surface area contributed by atoms with Gasteiger partial charge in [-0.15, -0.1) is 0 Å². The molecule has 1 atom stereocenters. The van der Waals surface area contributed by atoms with Crippen LogP contribution in [0.2, 0.25) is 10.0 Å². The highest BCUT2D eigenvalue weighted by atomic mass is 79.9. The number of hydrogen-bond donors (Lipinski definition) is 0. The fourth-order valence-corrected chi connectivity index (χ4v) is 6.89. The molecule has 250 valence electrons. The molecule has 0 spiro atoms. The quantitative estimate of drug-likeness (QED) is 0.168. The first-order valence-corrected chi connectivity index (χ1v) is 17.1. The summed E-state index contributed by atoms with van der Waals surface area (Å²) in [5, 5.41) is 0.886. The number of rotatable bonds is 10. The van der Waals surface area contributed by atoms with Crippen LogP contribution >= 0.6 is 50.5 Å². The Balaban J connectivity index is 1.56. The van der Waals surface area contributed by atoms with Crippen LogP contribution in [0.15, 0.2) is 80.1 Å². The summed E-state index contributed by atoms with van der Waals surface area (Å²) in [4.78, 5) is 44.5. The van der Waals surface area contributed by atoms with Crippen molar-refractivity contribution < 1.29 is 28.5 Å². The third-order valence-corrected chi connectivity index (χ3v) is 9.81. The SMILES string of the molecule is COC(=O)Cc1ccc([C@H]2C(C(=O)OC(C)C)=C(C)N=c3s/c(=C/c4cc(OC)c(OCc5ccc(Cl)c(Cl)c5)cc4Br)c(=O)n32)cc1. The Kier molecular flexibility index (Phi) is 11.1. The van der Waals surface area contributed by atoms with Crippen molar-refractivity contribution in [1.29, 1.82) is 0 Å². The number of allylic oxidation sites excluding steroid dienone is 1. The summed E-state index contributed by atoms with van der Waals surface area (Å²) in [7, 11) is 2.86. The van der Waals surface area contributed by atoms with Gasteiger partial charge in [0.05, 0.1) is 58.6 Å². The molecule has 13 heteroatoms. The molecule has 4 aromatic rings. The second-order valence-corrected chi connectivity index (χ2v) is 13.8. The number of hydrogen-bond acceptors (Lipinski definition) is 9. The van der Waals surface area contributed by atoms with Gasteiger partial charge in [0, 0.05) is 4.47 Å². The Morgan fingerprint density at radius 2 is 1.73 bits per heavy atom. The molecule has 0 bridgehead atoms. The summed E-state index contributed by atoms with van der Waals surface area (Å²) < 4.78 is 24.6. The number of nitrogens with zero attached hydrogens (tertiary/aromatic N) is 2. The highest BCUT2D eigenvalue weighted by Gasteiger charge is 2.34. The van der Waals surface area contributed by atoms with E-state index >= 15 is 0 Å². The van der Waals surface area contributed by atoms with E-state index in [0.29, 0.717) is 52.2 Å². The molecule has 0 aliphatic carbocycles. The number of carbonyl (C=O) groups excluding carboxylic acids is 2. The van der Waals surface area contributed by atoms with Gasteiger partial charge in [0.1, 0.15) is 6.61 Å². The van der Waals surface area contributed by atoms with Crippen LogP contribution in [0, 0.1) is 0 Å². The lowest BCUT2D eigenvalue weighted by molar-refractivity contribution is -0.143. The van der Waals surface area contributed by atoms with Gasteiger partial charge in [-0.2, -0.15) is 0 Å². The Bertz CT molecular complexity index is 2110. The lowest BCUT2D eigenvalue weighted by Gasteiger charge is -2.25. The van der Waals surface area contributed by atoms with Crippen molar-refractivity contribution in [2.45, 2.75) is 45.9 Å². The molecule has 1 aliphatic heterocycles. The fraction of sp³-hybridized carbons (Fsp3) is 0.257. The molecular weight excluding hydrogens is 743 g/mol. The maximum Gasteiger partial charge on any atom is 0.338 e. The molecule has 9 nitrogen and oxygen atoms in total. The minimum absolute atomic E-state index is 0.0916. The van der Waals surface area contributed by atoms with Crippen LogP contribution in [0.3, 0.4) is 0 Å². The van der Waals surface area contributed by atoms with Crippen molar-refractivity contribution >= 4 is 68.5 Å². The van der Waals surface area contributed by atoms with Crippen molar-refractivity contribution in [3.63, 3.8) is 0 Å². The second kappa shape index (κ2) is 15.1. The van der Waals surface area contributed by atoms with Crippen molar-refractivity contribution in [3.8, 4) is 11.5 Å². The molecule has 0 unspecified atom stereocenters. The van der Waals surface area contributed by atoms with E-state index in [1.807, 2.05) is 6.07 Å². The van der Waals surface area contributed by atoms with Gasteiger partial charge in [-0.25, -0.2) is 9.79 Å². The molecule has 48 heavy (non-hydrogen) atoms. The molecule has 2 heterocycles. The topological polar surface area (TPSA) is 105 Å². The predicted molar refractivity (Wildman–Crippen MR) is 189 cm³/mol. The van der Waals surface area contributed by atoms with E-state index in [-0.39, 0.29) is 36.2 Å². The molecule has 0 N–H and O–H groups in total. The van der Waals surface area contributed by atoms with Crippen LogP contribution in [0.1, 0.15) is 49.1 Å². The maximum atomic E-state index is 14.1. The number of benzene rings is 3. The predicted octanol–water partition coefficient (Wildman–Crippen LogP) is 6.56. The van der Waals surface area contributed by atoms with Crippen molar-refractivity contribution in [2.75, 3.05) is 14.2 Å². The zero-order chi connectivity index (χ0) is 34.7. The fourth-order valence-electron chi connectivity index (χ4n) is 5.10. The summed E-state index contributed by atoms with van der Waals surface area (Å²) in [5.74, 6) is 0.0000409. The number of halogens is 3. The van der Waals surface area contributed by atoms with Gasteiger partial charge in [-0.05, 0) is 73.4 Å². The Hall–Kier alpha value is -3.90. The zero-order valence-electron chi connectivity index (χ0n) is 26.6. The lowest BCUT2D eigenvalue weighted by atomic mass is 9.94. The molecule has 5 rings (SSSR count). The van der Waals surface area contributed by atoms with Crippen molar-refractivity contribution in [1.82, 2.24) is 4.57 Å². The zero-order valence-corrected chi connectivity index (χ0v) is 30.6. The Morgan fingerprint density at radius 3 is 2.38 bits per heavy atom. The minimum atomic E-state index is -0.808. The highest BCUT2D eigenvalue weighted by Crippen LogP contribution is 2.35. The number of fused-ring (bicyclic) bond motifs is 1. The molecule has 1 aromatic heterocycles. The molecule has 1 aliphatic rings. The van der Waals surface area contributed by atoms with Gasteiger partial charge >= 0.3 is 11.9 Å². The van der Waals surface area contributed by atoms with E-state index in [9.17, 15) is 14.4 Å². The van der Waals surface area contributed by atoms with E-state index in [1.165, 1.54) is 30.1 Å². The van der Waals surface area contributed by atoms with Gasteiger partial charge in [-0.3, -0.25) is 14.2 Å². The smallest absolute Gasteiger partial charge is 0.338 e. The van der Waals surface area contributed by atoms with Gasteiger partial charge in [0.25, 0.3) is 5.56 Å². The summed E-state index contributed by atoms with van der Waals surface area (Å²) in [5.41, 5.74) is 3.25. The maximum absolute atomic E-state index is 14.1. The molecule has 0 saturated carbocycles. The van der Waals surface area contributed by atoms with Crippen molar-refractivity contribution in [2.24, 2.45) is 4.99 Å². The summed E-state index contributed by atoms with van der Waals surface area (Å²) in [6.45, 7) is 5.47. The number of methoxy groups -OCH3 is 2. The summed E-state index contributed by atoms with van der Waals surface area (Å²) in [6.07, 6.45) is 1.45. The van der Waals surface area contributed by atoms with Crippen LogP contribution in [0.5, 0.6) is 11.5 Å². The monoisotopic (exact) mass is 772 g/mol. The minimum Gasteiger partial charge on any atom is -0.493 e. The van der Waals surface area contributed by atoms with Crippen LogP contribution < -0.4 is 24.4 Å². The van der Waals surface area contributed by atoms with Gasteiger partial charge in [0.15, 0.2) is 16.3 Å². The summed E-state index contributed by atoms with van der Waals surface area (Å²) >= 11 is 17.0. The van der Waals surface area contributed by atoms with E-state index in [2.05, 4.69) is 20.9 Å². The largest absolute Gasteiger partial charge is 0.493 e. The average molecular weight is 775 g/mol. The third-order valence-electron chi connectivity index (χ3n) is 7.40. The standard InChI is InChI=1S/C35H31BrCl2N2O7S/c1-18(2)47-34(43)31-19(3)39-35-40(32(31)22-9-6-20(7-10-22)13-30(41)45-5)33(42)29(48-35)15-23-14-27(44-4)28(16-24(23)36)46-17-21-8-11-25(37)26(38)12-21/h6-12,14-16,18,32H,13,17H2,1-5H3/b29-15+/t32-/m0/s1. The van der Waals surface area contributed by atoms with E-state index < -0.39 is 12.0 Å². The second-order valence-electron chi connectivity index (χ2n) is 11.1. The first-order chi connectivity index (χ1) is 22.9. The van der Waals surface area contributed by atoms with E-state index in [1.54, 1.807) is 75.4 Å². The molecular formula is C35H31BrCl2N2O7S. The molecule has 0 radical (unpaired) electrons. The molecule has 0 saturated heterocycles. The van der Waals surface area contributed by atoms with Crippen LogP contribution in [-0.4, -0.2) is 36.8 Å². The third kappa shape index (κ3) is 7.70. The molecule has 0 fully saturated rings. The van der Waals surface area contributed by atoms with E-state index in [4.69, 9.17) is 42.1 Å². The molecule has 0 amide bonds. The van der Waals surface area contributed by atoms with Gasteiger partial charge < -0.3 is 18.9 Å². The lowest BCUT2D eigenvalue weighted by Crippen LogP contribution is -2.40. The van der Waals surface area contributed by atoms with Crippen LogP contribution in [-0.2, 0) is 32.1 Å². The number of carbonyl (C=O) groups is 2. The number of esters is 2. The van der Waals surface area contributed by atoms with Crippen molar-refractivity contribution in [3.05, 3.63) is 122 Å². The first-order valence-electron chi connectivity index (χ1n) is 14.7. The average Bonchev–Trinajstić information content (AvgIpc) is 3.35. The highest BCUT2D eigenvalue weighted by molar-refractivity contribution is 9.10. The van der Waals surface area contributed by atoms with E-state index in [0.717, 1.165) is 11.1 Å². The van der Waals surface area contributed by atoms with Crippen LogP contribution in [0.4, 0.5) is 0 Å². The van der Waals surface area contributed by atoms with Crippen LogP contribution in [0.25, 0.3) is 6.08 Å². The molecule has 3 aromatic carbocycles. The summed E-state index contributed by atoms with van der Waals surface area (Å²) in [6, 6.07) is 15.1.